The summed E-state index contributed by atoms with van der Waals surface area (Å²) in [6.07, 6.45) is 5.20. The number of carbonyl (C=O) groups excluding carboxylic acids is 1. The van der Waals surface area contributed by atoms with E-state index in [1.54, 1.807) is 7.11 Å². The standard InChI is InChI=1S/C17H23NO3/c1-20-15-8-4-5-9-16(15)21-12-17(19)18-10-13-6-2-3-7-14(13)11-18/h4-5,8-9,13-14H,2-3,6-7,10-12H2,1H3. The molecule has 2 unspecified atom stereocenters. The van der Waals surface area contributed by atoms with Crippen molar-refractivity contribution >= 4 is 5.91 Å². The third-order valence-corrected chi connectivity index (χ3v) is 4.75. The summed E-state index contributed by atoms with van der Waals surface area (Å²) < 4.78 is 10.9. The Morgan fingerprint density at radius 3 is 2.38 bits per heavy atom. The Morgan fingerprint density at radius 1 is 1.14 bits per heavy atom. The van der Waals surface area contributed by atoms with E-state index in [0.29, 0.717) is 23.3 Å². The highest BCUT2D eigenvalue weighted by Gasteiger charge is 2.36. The van der Waals surface area contributed by atoms with E-state index < -0.39 is 0 Å². The topological polar surface area (TPSA) is 38.8 Å². The third-order valence-electron chi connectivity index (χ3n) is 4.75. The summed E-state index contributed by atoms with van der Waals surface area (Å²) in [5, 5.41) is 0. The molecule has 21 heavy (non-hydrogen) atoms. The van der Waals surface area contributed by atoms with Crippen LogP contribution < -0.4 is 9.47 Å². The summed E-state index contributed by atoms with van der Waals surface area (Å²) in [4.78, 5) is 14.3. The fourth-order valence-electron chi connectivity index (χ4n) is 3.58. The molecule has 1 saturated heterocycles. The molecule has 114 valence electrons. The van der Waals surface area contributed by atoms with Gasteiger partial charge < -0.3 is 14.4 Å². The Kier molecular flexibility index (Phi) is 4.32. The Bertz CT molecular complexity index is 489. The Hall–Kier alpha value is -1.71. The minimum absolute atomic E-state index is 0.0929. The van der Waals surface area contributed by atoms with Crippen LogP contribution in [0, 0.1) is 11.8 Å². The number of para-hydroxylation sites is 2. The highest BCUT2D eigenvalue weighted by atomic mass is 16.5. The monoisotopic (exact) mass is 289 g/mol. The maximum atomic E-state index is 12.3. The van der Waals surface area contributed by atoms with Crippen molar-refractivity contribution in [2.24, 2.45) is 11.8 Å². The summed E-state index contributed by atoms with van der Waals surface area (Å²) in [6, 6.07) is 7.44. The van der Waals surface area contributed by atoms with E-state index in [2.05, 4.69) is 0 Å². The second-order valence-corrected chi connectivity index (χ2v) is 6.04. The van der Waals surface area contributed by atoms with Gasteiger partial charge in [0.05, 0.1) is 7.11 Å². The number of nitrogens with zero attached hydrogens (tertiary/aromatic N) is 1. The predicted molar refractivity (Wildman–Crippen MR) is 80.5 cm³/mol. The van der Waals surface area contributed by atoms with Crippen LogP contribution in [-0.4, -0.2) is 37.6 Å². The SMILES string of the molecule is COc1ccccc1OCC(=O)N1CC2CCCCC2C1. The smallest absolute Gasteiger partial charge is 0.260 e. The molecule has 2 fully saturated rings. The van der Waals surface area contributed by atoms with Crippen LogP contribution in [-0.2, 0) is 4.79 Å². The van der Waals surface area contributed by atoms with Gasteiger partial charge in [-0.15, -0.1) is 0 Å². The van der Waals surface area contributed by atoms with Crippen molar-refractivity contribution in [3.63, 3.8) is 0 Å². The summed E-state index contributed by atoms with van der Waals surface area (Å²) in [6.45, 7) is 1.93. The van der Waals surface area contributed by atoms with Gasteiger partial charge in [-0.3, -0.25) is 4.79 Å². The molecule has 1 aliphatic carbocycles. The number of rotatable bonds is 4. The van der Waals surface area contributed by atoms with Crippen LogP contribution >= 0.6 is 0 Å². The molecule has 2 aliphatic rings. The zero-order valence-corrected chi connectivity index (χ0v) is 12.6. The van der Waals surface area contributed by atoms with Crippen molar-refractivity contribution in [3.8, 4) is 11.5 Å². The first kappa shape index (κ1) is 14.2. The van der Waals surface area contributed by atoms with Gasteiger partial charge in [-0.05, 0) is 36.8 Å². The molecule has 1 saturated carbocycles. The normalized spacial score (nSPS) is 24.5. The number of benzene rings is 1. The van der Waals surface area contributed by atoms with E-state index in [1.165, 1.54) is 25.7 Å². The summed E-state index contributed by atoms with van der Waals surface area (Å²) in [5.41, 5.74) is 0. The van der Waals surface area contributed by atoms with Crippen molar-refractivity contribution in [2.45, 2.75) is 25.7 Å². The quantitative estimate of drug-likeness (QED) is 0.855. The zero-order chi connectivity index (χ0) is 14.7. The minimum Gasteiger partial charge on any atom is -0.493 e. The lowest BCUT2D eigenvalue weighted by Gasteiger charge is -2.22. The molecule has 0 spiro atoms. The molecule has 1 heterocycles. The Labute approximate surface area is 126 Å². The van der Waals surface area contributed by atoms with E-state index in [-0.39, 0.29) is 12.5 Å². The maximum absolute atomic E-state index is 12.3. The Morgan fingerprint density at radius 2 is 1.76 bits per heavy atom. The van der Waals surface area contributed by atoms with Crippen molar-refractivity contribution in [1.82, 2.24) is 4.90 Å². The lowest BCUT2D eigenvalue weighted by atomic mass is 9.82. The van der Waals surface area contributed by atoms with Crippen LogP contribution in [0.5, 0.6) is 11.5 Å². The number of methoxy groups -OCH3 is 1. The van der Waals surface area contributed by atoms with Gasteiger partial charge in [0.1, 0.15) is 0 Å². The average Bonchev–Trinajstić information content (AvgIpc) is 2.97. The van der Waals surface area contributed by atoms with Crippen LogP contribution in [0.15, 0.2) is 24.3 Å². The number of ether oxygens (including phenoxy) is 2. The van der Waals surface area contributed by atoms with Gasteiger partial charge >= 0.3 is 0 Å². The number of carbonyl (C=O) groups is 1. The molecular formula is C17H23NO3. The molecule has 1 aliphatic heterocycles. The molecule has 4 nitrogen and oxygen atoms in total. The third kappa shape index (κ3) is 3.14. The second kappa shape index (κ2) is 6.37. The lowest BCUT2D eigenvalue weighted by Crippen LogP contribution is -2.33. The minimum atomic E-state index is 0.0929. The van der Waals surface area contributed by atoms with E-state index in [9.17, 15) is 4.79 Å². The summed E-state index contributed by atoms with van der Waals surface area (Å²) in [7, 11) is 1.61. The number of likely N-dealkylation sites (tertiary alicyclic amines) is 1. The van der Waals surface area contributed by atoms with Crippen molar-refractivity contribution in [1.29, 1.82) is 0 Å². The number of fused-ring (bicyclic) bond motifs is 1. The second-order valence-electron chi connectivity index (χ2n) is 6.04. The first-order chi connectivity index (χ1) is 10.3. The van der Waals surface area contributed by atoms with E-state index in [4.69, 9.17) is 9.47 Å². The van der Waals surface area contributed by atoms with Gasteiger partial charge in [0.2, 0.25) is 0 Å². The van der Waals surface area contributed by atoms with Gasteiger partial charge in [-0.25, -0.2) is 0 Å². The van der Waals surface area contributed by atoms with Crippen LogP contribution in [0.25, 0.3) is 0 Å². The average molecular weight is 289 g/mol. The molecule has 2 atom stereocenters. The van der Waals surface area contributed by atoms with Crippen molar-refractivity contribution in [3.05, 3.63) is 24.3 Å². The molecule has 0 N–H and O–H groups in total. The van der Waals surface area contributed by atoms with Crippen LogP contribution in [0.4, 0.5) is 0 Å². The molecule has 3 rings (SSSR count). The fourth-order valence-corrected chi connectivity index (χ4v) is 3.58. The van der Waals surface area contributed by atoms with Crippen molar-refractivity contribution in [2.75, 3.05) is 26.8 Å². The largest absolute Gasteiger partial charge is 0.493 e. The highest BCUT2D eigenvalue weighted by molar-refractivity contribution is 5.78. The summed E-state index contributed by atoms with van der Waals surface area (Å²) >= 11 is 0. The first-order valence-corrected chi connectivity index (χ1v) is 7.81. The van der Waals surface area contributed by atoms with Crippen molar-refractivity contribution < 1.29 is 14.3 Å². The molecule has 1 amide bonds. The fraction of sp³-hybridized carbons (Fsp3) is 0.588. The number of hydrogen-bond donors (Lipinski definition) is 0. The van der Waals surface area contributed by atoms with E-state index in [0.717, 1.165) is 13.1 Å². The molecule has 0 radical (unpaired) electrons. The van der Waals surface area contributed by atoms with Gasteiger partial charge in [0, 0.05) is 13.1 Å². The van der Waals surface area contributed by atoms with Crippen LogP contribution in [0.2, 0.25) is 0 Å². The zero-order valence-electron chi connectivity index (χ0n) is 12.6. The Balaban J connectivity index is 1.55. The van der Waals surface area contributed by atoms with E-state index >= 15 is 0 Å². The highest BCUT2D eigenvalue weighted by Crippen LogP contribution is 2.36. The van der Waals surface area contributed by atoms with Gasteiger partial charge in [0.25, 0.3) is 5.91 Å². The molecule has 4 heteroatoms. The molecule has 1 aromatic carbocycles. The molecule has 0 aromatic heterocycles. The van der Waals surface area contributed by atoms with Crippen LogP contribution in [0.3, 0.4) is 0 Å². The van der Waals surface area contributed by atoms with Gasteiger partial charge in [0.15, 0.2) is 18.1 Å². The molecular weight excluding hydrogens is 266 g/mol. The number of hydrogen-bond acceptors (Lipinski definition) is 3. The van der Waals surface area contributed by atoms with E-state index in [1.807, 2.05) is 29.2 Å². The predicted octanol–water partition coefficient (Wildman–Crippen LogP) is 2.72. The molecule has 1 aromatic rings. The summed E-state index contributed by atoms with van der Waals surface area (Å²) in [5.74, 6) is 2.82. The lowest BCUT2D eigenvalue weighted by molar-refractivity contribution is -0.132. The van der Waals surface area contributed by atoms with Gasteiger partial charge in [-0.2, -0.15) is 0 Å². The first-order valence-electron chi connectivity index (χ1n) is 7.81. The molecule has 0 bridgehead atoms. The number of amides is 1. The maximum Gasteiger partial charge on any atom is 0.260 e. The van der Waals surface area contributed by atoms with Gasteiger partial charge in [-0.1, -0.05) is 25.0 Å². The van der Waals surface area contributed by atoms with Crippen LogP contribution in [0.1, 0.15) is 25.7 Å².